The van der Waals surface area contributed by atoms with Crippen LogP contribution in [0.3, 0.4) is 0 Å². The monoisotopic (exact) mass is 405 g/mol. The van der Waals surface area contributed by atoms with E-state index in [9.17, 15) is 23.5 Å². The first kappa shape index (κ1) is 19.5. The average molecular weight is 405 g/mol. The number of hydrogen-bond acceptors (Lipinski definition) is 3. The van der Waals surface area contributed by atoms with Gasteiger partial charge in [-0.1, -0.05) is 30.3 Å². The van der Waals surface area contributed by atoms with Crippen LogP contribution < -0.4 is 4.90 Å². The van der Waals surface area contributed by atoms with Crippen LogP contribution in [0.2, 0.25) is 0 Å². The van der Waals surface area contributed by atoms with Crippen LogP contribution in [-0.2, 0) is 9.59 Å². The fourth-order valence-corrected chi connectivity index (χ4v) is 3.68. The molecule has 1 saturated heterocycles. The molecule has 0 saturated carbocycles. The summed E-state index contributed by atoms with van der Waals surface area (Å²) in [6.07, 6.45) is 0. The van der Waals surface area contributed by atoms with Gasteiger partial charge in [0.05, 0.1) is 11.6 Å². The summed E-state index contributed by atoms with van der Waals surface area (Å²) in [6.45, 7) is 1.82. The predicted octanol–water partition coefficient (Wildman–Crippen LogP) is 4.90. The Balaban J connectivity index is 1.98. The van der Waals surface area contributed by atoms with Crippen molar-refractivity contribution in [3.05, 3.63) is 107 Å². The number of anilines is 1. The van der Waals surface area contributed by atoms with Gasteiger partial charge >= 0.3 is 0 Å². The van der Waals surface area contributed by atoms with Gasteiger partial charge in [0.1, 0.15) is 17.4 Å². The van der Waals surface area contributed by atoms with Crippen molar-refractivity contribution in [2.75, 3.05) is 4.90 Å². The molecule has 1 unspecified atom stereocenters. The molecule has 0 aliphatic carbocycles. The van der Waals surface area contributed by atoms with Crippen molar-refractivity contribution < 1.29 is 23.5 Å². The fraction of sp³-hybridized carbons (Fsp3) is 0.0833. The number of nitrogens with zero attached hydrogens (tertiary/aromatic N) is 1. The standard InChI is InChI=1S/C24H17F2NO3/c1-14-5-2-3-8-19(14)21-20(22(28)15-9-11-16(25)12-10-15)23(29)24(30)27(21)18-7-4-6-17(26)13-18/h2-13,21,28H,1H3/b22-20+. The topological polar surface area (TPSA) is 57.6 Å². The minimum Gasteiger partial charge on any atom is -0.507 e. The number of aryl methyl sites for hydroxylation is 1. The molecule has 1 aliphatic heterocycles. The Hall–Kier alpha value is -3.80. The SMILES string of the molecule is Cc1ccccc1C1/C(=C(\O)c2ccc(F)cc2)C(=O)C(=O)N1c1cccc(F)c1. The number of aliphatic hydroxyl groups excluding tert-OH is 1. The summed E-state index contributed by atoms with van der Waals surface area (Å²) in [6, 6.07) is 16.5. The number of aliphatic hydroxyl groups is 1. The number of rotatable bonds is 3. The van der Waals surface area contributed by atoms with Crippen LogP contribution in [0, 0.1) is 18.6 Å². The van der Waals surface area contributed by atoms with Gasteiger partial charge in [-0.25, -0.2) is 8.78 Å². The molecule has 3 aromatic carbocycles. The average Bonchev–Trinajstić information content (AvgIpc) is 2.99. The third-order valence-corrected chi connectivity index (χ3v) is 5.13. The third kappa shape index (κ3) is 3.26. The first-order chi connectivity index (χ1) is 14.4. The van der Waals surface area contributed by atoms with E-state index in [-0.39, 0.29) is 16.8 Å². The molecule has 1 heterocycles. The molecule has 4 nitrogen and oxygen atoms in total. The van der Waals surface area contributed by atoms with E-state index in [0.717, 1.165) is 23.8 Å². The van der Waals surface area contributed by atoms with Crippen molar-refractivity contribution in [2.45, 2.75) is 13.0 Å². The van der Waals surface area contributed by atoms with Crippen molar-refractivity contribution in [1.29, 1.82) is 0 Å². The second-order valence-corrected chi connectivity index (χ2v) is 7.01. The van der Waals surface area contributed by atoms with Crippen molar-refractivity contribution in [1.82, 2.24) is 0 Å². The van der Waals surface area contributed by atoms with Crippen LogP contribution in [0.1, 0.15) is 22.7 Å². The van der Waals surface area contributed by atoms with Gasteiger partial charge in [-0.3, -0.25) is 14.5 Å². The van der Waals surface area contributed by atoms with Crippen LogP contribution in [0.5, 0.6) is 0 Å². The van der Waals surface area contributed by atoms with Crippen LogP contribution in [-0.4, -0.2) is 16.8 Å². The second-order valence-electron chi connectivity index (χ2n) is 7.01. The lowest BCUT2D eigenvalue weighted by Crippen LogP contribution is -2.29. The molecular weight excluding hydrogens is 388 g/mol. The Morgan fingerprint density at radius 1 is 0.900 bits per heavy atom. The maximum absolute atomic E-state index is 13.9. The van der Waals surface area contributed by atoms with Crippen LogP contribution in [0.4, 0.5) is 14.5 Å². The summed E-state index contributed by atoms with van der Waals surface area (Å²) in [4.78, 5) is 27.1. The molecular formula is C24H17F2NO3. The molecule has 0 bridgehead atoms. The van der Waals surface area contributed by atoms with Gasteiger partial charge in [0.2, 0.25) is 0 Å². The van der Waals surface area contributed by atoms with E-state index < -0.39 is 35.1 Å². The summed E-state index contributed by atoms with van der Waals surface area (Å²) >= 11 is 0. The second kappa shape index (κ2) is 7.55. The molecule has 1 amide bonds. The Kier molecular flexibility index (Phi) is 4.91. The van der Waals surface area contributed by atoms with E-state index in [2.05, 4.69) is 0 Å². The van der Waals surface area contributed by atoms with Crippen molar-refractivity contribution in [3.63, 3.8) is 0 Å². The van der Waals surface area contributed by atoms with E-state index in [4.69, 9.17) is 0 Å². The minimum absolute atomic E-state index is 0.134. The first-order valence-electron chi connectivity index (χ1n) is 9.26. The highest BCUT2D eigenvalue weighted by Gasteiger charge is 2.47. The van der Waals surface area contributed by atoms with Crippen LogP contribution in [0.15, 0.2) is 78.4 Å². The number of hydrogen-bond donors (Lipinski definition) is 1. The molecule has 0 radical (unpaired) electrons. The Bertz CT molecular complexity index is 1190. The van der Waals surface area contributed by atoms with E-state index in [1.807, 2.05) is 19.1 Å². The molecule has 150 valence electrons. The number of carbonyl (C=O) groups excluding carboxylic acids is 2. The van der Waals surface area contributed by atoms with Gasteiger partial charge in [-0.2, -0.15) is 0 Å². The third-order valence-electron chi connectivity index (χ3n) is 5.13. The number of ketones is 1. The normalized spacial score (nSPS) is 18.1. The van der Waals surface area contributed by atoms with Crippen molar-refractivity contribution >= 4 is 23.1 Å². The van der Waals surface area contributed by atoms with Crippen molar-refractivity contribution in [3.8, 4) is 0 Å². The van der Waals surface area contributed by atoms with E-state index in [1.165, 1.54) is 35.2 Å². The number of amides is 1. The van der Waals surface area contributed by atoms with Gasteiger partial charge in [0, 0.05) is 11.3 Å². The predicted molar refractivity (Wildman–Crippen MR) is 109 cm³/mol. The first-order valence-corrected chi connectivity index (χ1v) is 9.26. The zero-order valence-electron chi connectivity index (χ0n) is 16.0. The lowest BCUT2D eigenvalue weighted by molar-refractivity contribution is -0.132. The van der Waals surface area contributed by atoms with E-state index >= 15 is 0 Å². The highest BCUT2D eigenvalue weighted by atomic mass is 19.1. The van der Waals surface area contributed by atoms with E-state index in [0.29, 0.717) is 5.56 Å². The number of benzene rings is 3. The number of carbonyl (C=O) groups is 2. The van der Waals surface area contributed by atoms with Gasteiger partial charge in [-0.05, 0) is 60.5 Å². The molecule has 0 spiro atoms. The molecule has 1 atom stereocenters. The molecule has 1 fully saturated rings. The Morgan fingerprint density at radius 3 is 2.27 bits per heavy atom. The van der Waals surface area contributed by atoms with Gasteiger partial charge in [0.25, 0.3) is 11.7 Å². The molecule has 30 heavy (non-hydrogen) atoms. The largest absolute Gasteiger partial charge is 0.507 e. The highest BCUT2D eigenvalue weighted by Crippen LogP contribution is 2.43. The van der Waals surface area contributed by atoms with Gasteiger partial charge < -0.3 is 5.11 Å². The summed E-state index contributed by atoms with van der Waals surface area (Å²) in [5.41, 5.74) is 1.67. The smallest absolute Gasteiger partial charge is 0.300 e. The van der Waals surface area contributed by atoms with E-state index in [1.54, 1.807) is 12.1 Å². The quantitative estimate of drug-likeness (QED) is 0.383. The fourth-order valence-electron chi connectivity index (χ4n) is 3.68. The Labute approximate surface area is 171 Å². The zero-order chi connectivity index (χ0) is 21.4. The molecule has 1 aliphatic rings. The van der Waals surface area contributed by atoms with Crippen LogP contribution in [0.25, 0.3) is 5.76 Å². The summed E-state index contributed by atoms with van der Waals surface area (Å²) in [5.74, 6) is -3.24. The van der Waals surface area contributed by atoms with Gasteiger partial charge in [-0.15, -0.1) is 0 Å². The molecule has 3 aromatic rings. The minimum atomic E-state index is -0.960. The Morgan fingerprint density at radius 2 is 1.60 bits per heavy atom. The lowest BCUT2D eigenvalue weighted by atomic mass is 9.92. The number of Topliss-reactive ketones (excluding diaryl/α,β-unsaturated/α-hetero) is 1. The molecule has 1 N–H and O–H groups in total. The molecule has 6 heteroatoms. The van der Waals surface area contributed by atoms with Gasteiger partial charge in [0.15, 0.2) is 0 Å². The summed E-state index contributed by atoms with van der Waals surface area (Å²) in [7, 11) is 0. The maximum atomic E-state index is 13.9. The summed E-state index contributed by atoms with van der Waals surface area (Å²) < 4.78 is 27.2. The maximum Gasteiger partial charge on any atom is 0.300 e. The van der Waals surface area contributed by atoms with Crippen LogP contribution >= 0.6 is 0 Å². The van der Waals surface area contributed by atoms with Crippen molar-refractivity contribution in [2.24, 2.45) is 0 Å². The highest BCUT2D eigenvalue weighted by molar-refractivity contribution is 6.51. The molecule has 4 rings (SSSR count). The summed E-state index contributed by atoms with van der Waals surface area (Å²) in [5, 5.41) is 10.9. The molecule has 0 aromatic heterocycles. The lowest BCUT2D eigenvalue weighted by Gasteiger charge is -2.26. The number of halogens is 2. The zero-order valence-corrected chi connectivity index (χ0v) is 16.0.